The lowest BCUT2D eigenvalue weighted by Gasteiger charge is -2.32. The van der Waals surface area contributed by atoms with E-state index in [2.05, 4.69) is 16.8 Å². The summed E-state index contributed by atoms with van der Waals surface area (Å²) in [5.41, 5.74) is 7.89. The Hall–Kier alpha value is -1.59. The third-order valence-corrected chi connectivity index (χ3v) is 3.74. The Kier molecular flexibility index (Phi) is 4.98. The van der Waals surface area contributed by atoms with Gasteiger partial charge in [-0.2, -0.15) is 0 Å². The van der Waals surface area contributed by atoms with E-state index in [4.69, 9.17) is 10.5 Å². The van der Waals surface area contributed by atoms with Gasteiger partial charge in [0.2, 0.25) is 0 Å². The zero-order valence-corrected chi connectivity index (χ0v) is 12.3. The molecule has 2 N–H and O–H groups in total. The SMILES string of the molecule is Cc1cc(C(=O)OCCN2CCN(C)CC2)ccc1N. The summed E-state index contributed by atoms with van der Waals surface area (Å²) in [5, 5.41) is 0. The molecular formula is C15H23N3O2. The number of hydrogen-bond donors (Lipinski definition) is 1. The number of carbonyl (C=O) groups excluding carboxylic acids is 1. The summed E-state index contributed by atoms with van der Waals surface area (Å²) < 4.78 is 5.32. The number of hydrogen-bond acceptors (Lipinski definition) is 5. The fraction of sp³-hybridized carbons (Fsp3) is 0.533. The second-order valence-electron chi connectivity index (χ2n) is 5.35. The number of rotatable bonds is 4. The molecule has 1 saturated heterocycles. The maximum Gasteiger partial charge on any atom is 0.338 e. The van der Waals surface area contributed by atoms with E-state index in [9.17, 15) is 4.79 Å². The molecule has 0 spiro atoms. The highest BCUT2D eigenvalue weighted by Gasteiger charge is 2.14. The van der Waals surface area contributed by atoms with Gasteiger partial charge in [-0.3, -0.25) is 4.90 Å². The van der Waals surface area contributed by atoms with E-state index in [1.54, 1.807) is 18.2 Å². The molecule has 0 atom stereocenters. The molecule has 0 saturated carbocycles. The van der Waals surface area contributed by atoms with Gasteiger partial charge >= 0.3 is 5.97 Å². The van der Waals surface area contributed by atoms with Crippen molar-refractivity contribution in [3.8, 4) is 0 Å². The second-order valence-corrected chi connectivity index (χ2v) is 5.35. The van der Waals surface area contributed by atoms with Crippen LogP contribution in [0.25, 0.3) is 0 Å². The topological polar surface area (TPSA) is 58.8 Å². The number of piperazine rings is 1. The highest BCUT2D eigenvalue weighted by atomic mass is 16.5. The predicted octanol–water partition coefficient (Wildman–Crippen LogP) is 0.981. The standard InChI is InChI=1S/C15H23N3O2/c1-12-11-13(3-4-14(12)16)15(19)20-10-9-18-7-5-17(2)6-8-18/h3-4,11H,5-10,16H2,1-2H3. The van der Waals surface area contributed by atoms with E-state index in [1.165, 1.54) is 0 Å². The minimum absolute atomic E-state index is 0.276. The Bertz CT molecular complexity index is 468. The van der Waals surface area contributed by atoms with E-state index in [1.807, 2.05) is 6.92 Å². The predicted molar refractivity (Wildman–Crippen MR) is 79.8 cm³/mol. The normalized spacial score (nSPS) is 17.1. The van der Waals surface area contributed by atoms with Gasteiger partial charge in [-0.25, -0.2) is 4.79 Å². The van der Waals surface area contributed by atoms with Gasteiger partial charge in [-0.15, -0.1) is 0 Å². The first-order valence-electron chi connectivity index (χ1n) is 7.00. The fourth-order valence-electron chi connectivity index (χ4n) is 2.22. The molecular weight excluding hydrogens is 254 g/mol. The zero-order chi connectivity index (χ0) is 14.5. The molecule has 1 aliphatic heterocycles. The van der Waals surface area contributed by atoms with Crippen LogP contribution in [0.15, 0.2) is 18.2 Å². The van der Waals surface area contributed by atoms with Gasteiger partial charge in [-0.05, 0) is 37.7 Å². The molecule has 5 heteroatoms. The monoisotopic (exact) mass is 277 g/mol. The number of esters is 1. The van der Waals surface area contributed by atoms with E-state index >= 15 is 0 Å². The lowest BCUT2D eigenvalue weighted by molar-refractivity contribution is 0.0432. The number of carbonyl (C=O) groups is 1. The van der Waals surface area contributed by atoms with E-state index in [-0.39, 0.29) is 5.97 Å². The first kappa shape index (κ1) is 14.8. The van der Waals surface area contributed by atoms with Crippen LogP contribution in [0.2, 0.25) is 0 Å². The summed E-state index contributed by atoms with van der Waals surface area (Å²) in [6, 6.07) is 5.22. The Morgan fingerprint density at radius 3 is 2.65 bits per heavy atom. The summed E-state index contributed by atoms with van der Waals surface area (Å²) in [5.74, 6) is -0.276. The van der Waals surface area contributed by atoms with Crippen molar-refractivity contribution in [3.05, 3.63) is 29.3 Å². The molecule has 2 rings (SSSR count). The van der Waals surface area contributed by atoms with Gasteiger partial charge < -0.3 is 15.4 Å². The molecule has 5 nitrogen and oxygen atoms in total. The first-order valence-corrected chi connectivity index (χ1v) is 7.00. The van der Waals surface area contributed by atoms with E-state index in [0.29, 0.717) is 17.9 Å². The first-order chi connectivity index (χ1) is 9.56. The minimum Gasteiger partial charge on any atom is -0.461 e. The van der Waals surface area contributed by atoms with Crippen LogP contribution in [0.3, 0.4) is 0 Å². The van der Waals surface area contributed by atoms with Crippen molar-refractivity contribution in [2.45, 2.75) is 6.92 Å². The van der Waals surface area contributed by atoms with Crippen LogP contribution >= 0.6 is 0 Å². The second kappa shape index (κ2) is 6.72. The average Bonchev–Trinajstić information content (AvgIpc) is 2.44. The molecule has 0 unspecified atom stereocenters. The van der Waals surface area contributed by atoms with Crippen LogP contribution in [0.1, 0.15) is 15.9 Å². The van der Waals surface area contributed by atoms with Crippen molar-refractivity contribution in [3.63, 3.8) is 0 Å². The maximum atomic E-state index is 11.9. The molecule has 0 amide bonds. The third-order valence-electron chi connectivity index (χ3n) is 3.74. The molecule has 1 aromatic rings. The Morgan fingerprint density at radius 1 is 1.30 bits per heavy atom. The van der Waals surface area contributed by atoms with Gasteiger partial charge in [-0.1, -0.05) is 0 Å². The Labute approximate surface area is 120 Å². The van der Waals surface area contributed by atoms with Crippen LogP contribution in [0, 0.1) is 6.92 Å². The number of nitrogens with zero attached hydrogens (tertiary/aromatic N) is 2. The number of ether oxygens (including phenoxy) is 1. The number of likely N-dealkylation sites (N-methyl/N-ethyl adjacent to an activating group) is 1. The summed E-state index contributed by atoms with van der Waals surface area (Å²) >= 11 is 0. The quantitative estimate of drug-likeness (QED) is 0.657. The van der Waals surface area contributed by atoms with Crippen molar-refractivity contribution in [1.82, 2.24) is 9.80 Å². The molecule has 0 aliphatic carbocycles. The molecule has 0 bridgehead atoms. The number of anilines is 1. The summed E-state index contributed by atoms with van der Waals surface area (Å²) in [6.07, 6.45) is 0. The summed E-state index contributed by atoms with van der Waals surface area (Å²) in [4.78, 5) is 16.5. The number of aryl methyl sites for hydroxylation is 1. The van der Waals surface area contributed by atoms with Crippen molar-refractivity contribution in [1.29, 1.82) is 0 Å². The molecule has 20 heavy (non-hydrogen) atoms. The van der Waals surface area contributed by atoms with Crippen molar-refractivity contribution >= 4 is 11.7 Å². The van der Waals surface area contributed by atoms with Crippen LogP contribution in [-0.2, 0) is 4.74 Å². The average molecular weight is 277 g/mol. The van der Waals surface area contributed by atoms with Gasteiger partial charge in [0.25, 0.3) is 0 Å². The van der Waals surface area contributed by atoms with Crippen LogP contribution in [-0.4, -0.2) is 62.1 Å². The maximum absolute atomic E-state index is 11.9. The lowest BCUT2D eigenvalue weighted by atomic mass is 10.1. The lowest BCUT2D eigenvalue weighted by Crippen LogP contribution is -2.45. The Balaban J connectivity index is 1.76. The fourth-order valence-corrected chi connectivity index (χ4v) is 2.22. The van der Waals surface area contributed by atoms with Gasteiger partial charge in [0.1, 0.15) is 6.61 Å². The van der Waals surface area contributed by atoms with Crippen LogP contribution in [0.5, 0.6) is 0 Å². The van der Waals surface area contributed by atoms with Gasteiger partial charge in [0.15, 0.2) is 0 Å². The number of benzene rings is 1. The third kappa shape index (κ3) is 3.95. The Morgan fingerprint density at radius 2 is 2.00 bits per heavy atom. The van der Waals surface area contributed by atoms with Gasteiger partial charge in [0, 0.05) is 38.4 Å². The largest absolute Gasteiger partial charge is 0.461 e. The van der Waals surface area contributed by atoms with E-state index in [0.717, 1.165) is 38.3 Å². The number of nitrogen functional groups attached to an aromatic ring is 1. The molecule has 1 aliphatic rings. The van der Waals surface area contributed by atoms with Crippen molar-refractivity contribution < 1.29 is 9.53 Å². The van der Waals surface area contributed by atoms with Gasteiger partial charge in [0.05, 0.1) is 5.56 Å². The highest BCUT2D eigenvalue weighted by Crippen LogP contribution is 2.13. The van der Waals surface area contributed by atoms with Crippen molar-refractivity contribution in [2.24, 2.45) is 0 Å². The summed E-state index contributed by atoms with van der Waals surface area (Å²) in [6.45, 7) is 7.34. The molecule has 1 aromatic carbocycles. The molecule has 0 radical (unpaired) electrons. The van der Waals surface area contributed by atoms with Crippen molar-refractivity contribution in [2.75, 3.05) is 52.1 Å². The van der Waals surface area contributed by atoms with E-state index < -0.39 is 0 Å². The molecule has 1 heterocycles. The number of nitrogens with two attached hydrogens (primary N) is 1. The van der Waals surface area contributed by atoms with Crippen LogP contribution in [0.4, 0.5) is 5.69 Å². The minimum atomic E-state index is -0.276. The van der Waals surface area contributed by atoms with Crippen LogP contribution < -0.4 is 5.73 Å². The molecule has 0 aromatic heterocycles. The summed E-state index contributed by atoms with van der Waals surface area (Å²) in [7, 11) is 2.13. The molecule has 1 fully saturated rings. The highest BCUT2D eigenvalue weighted by molar-refractivity contribution is 5.90. The zero-order valence-electron chi connectivity index (χ0n) is 12.3. The molecule has 110 valence electrons. The smallest absolute Gasteiger partial charge is 0.338 e.